The quantitative estimate of drug-likeness (QED) is 0.341. The van der Waals surface area contributed by atoms with Crippen LogP contribution in [0.1, 0.15) is 31.2 Å². The Bertz CT molecular complexity index is 1130. The molecular formula is C23H22N4O6S. The molecule has 2 aliphatic rings. The van der Waals surface area contributed by atoms with Gasteiger partial charge in [0.25, 0.3) is 16.8 Å². The predicted octanol–water partition coefficient (Wildman–Crippen LogP) is 4.22. The molecule has 0 saturated carbocycles. The van der Waals surface area contributed by atoms with E-state index in [9.17, 15) is 24.5 Å². The van der Waals surface area contributed by atoms with Crippen LogP contribution in [0.3, 0.4) is 0 Å². The molecule has 0 spiro atoms. The molecule has 34 heavy (non-hydrogen) atoms. The number of benzene rings is 1. The van der Waals surface area contributed by atoms with Gasteiger partial charge in [0.05, 0.1) is 9.83 Å². The van der Waals surface area contributed by atoms with Crippen LogP contribution in [0.25, 0.3) is 6.08 Å². The van der Waals surface area contributed by atoms with Crippen molar-refractivity contribution in [3.63, 3.8) is 0 Å². The fourth-order valence-electron chi connectivity index (χ4n) is 3.64. The lowest BCUT2D eigenvalue weighted by atomic mass is 10.2. The van der Waals surface area contributed by atoms with Crippen molar-refractivity contribution in [2.45, 2.75) is 25.7 Å². The Kier molecular flexibility index (Phi) is 7.21. The van der Waals surface area contributed by atoms with Crippen molar-refractivity contribution in [3.05, 3.63) is 63.2 Å². The van der Waals surface area contributed by atoms with Crippen molar-refractivity contribution >= 4 is 40.6 Å². The fourth-order valence-corrected chi connectivity index (χ4v) is 4.48. The average molecular weight is 483 g/mol. The first-order valence-corrected chi connectivity index (χ1v) is 11.6. The van der Waals surface area contributed by atoms with Gasteiger partial charge in [-0.25, -0.2) is 4.98 Å². The van der Waals surface area contributed by atoms with Crippen LogP contribution in [0.4, 0.5) is 10.5 Å². The first kappa shape index (κ1) is 23.4. The molecule has 0 unspecified atom stereocenters. The SMILES string of the molecule is O=C(CN1C(=O)S/C(=C/c2ccc(Oc3ccc([N+](=O)[O-])cn3)cc2)C1=O)N1CCCCCC1. The number of likely N-dealkylation sites (tertiary alicyclic amines) is 1. The lowest BCUT2D eigenvalue weighted by Gasteiger charge is -2.22. The van der Waals surface area contributed by atoms with Gasteiger partial charge in [-0.1, -0.05) is 25.0 Å². The van der Waals surface area contributed by atoms with Crippen LogP contribution in [0.2, 0.25) is 0 Å². The van der Waals surface area contributed by atoms with Crippen LogP contribution < -0.4 is 4.74 Å². The van der Waals surface area contributed by atoms with Crippen molar-refractivity contribution in [1.29, 1.82) is 0 Å². The molecule has 3 heterocycles. The molecule has 1 aromatic carbocycles. The number of ether oxygens (including phenoxy) is 1. The number of nitro groups is 1. The minimum atomic E-state index is -0.544. The van der Waals surface area contributed by atoms with Crippen LogP contribution in [-0.4, -0.2) is 56.4 Å². The third-order valence-corrected chi connectivity index (χ3v) is 6.36. The lowest BCUT2D eigenvalue weighted by Crippen LogP contribution is -2.42. The Balaban J connectivity index is 1.38. The summed E-state index contributed by atoms with van der Waals surface area (Å²) in [7, 11) is 0. The molecule has 3 amide bonds. The highest BCUT2D eigenvalue weighted by atomic mass is 32.2. The summed E-state index contributed by atoms with van der Waals surface area (Å²) >= 11 is 0.811. The van der Waals surface area contributed by atoms with Crippen molar-refractivity contribution in [1.82, 2.24) is 14.8 Å². The number of hydrogen-bond donors (Lipinski definition) is 0. The number of imide groups is 1. The van der Waals surface area contributed by atoms with E-state index in [1.807, 2.05) is 0 Å². The summed E-state index contributed by atoms with van der Waals surface area (Å²) in [5.41, 5.74) is 0.540. The van der Waals surface area contributed by atoms with Gasteiger partial charge in [0, 0.05) is 25.2 Å². The smallest absolute Gasteiger partial charge is 0.294 e. The molecule has 11 heteroatoms. The second-order valence-corrected chi connectivity index (χ2v) is 8.84. The number of amides is 3. The van der Waals surface area contributed by atoms with Gasteiger partial charge < -0.3 is 9.64 Å². The van der Waals surface area contributed by atoms with Crippen molar-refractivity contribution in [3.8, 4) is 11.6 Å². The van der Waals surface area contributed by atoms with E-state index in [0.717, 1.165) is 48.5 Å². The molecule has 0 atom stereocenters. The Morgan fingerprint density at radius 3 is 2.41 bits per heavy atom. The summed E-state index contributed by atoms with van der Waals surface area (Å²) < 4.78 is 5.57. The minimum absolute atomic E-state index is 0.134. The van der Waals surface area contributed by atoms with E-state index in [0.29, 0.717) is 24.4 Å². The zero-order valence-corrected chi connectivity index (χ0v) is 19.0. The van der Waals surface area contributed by atoms with E-state index in [2.05, 4.69) is 4.98 Å². The fraction of sp³-hybridized carbons (Fsp3) is 0.304. The standard InChI is InChI=1S/C23H22N4O6S/c28-21(25-11-3-1-2-4-12-25)15-26-22(29)19(34-23(26)30)13-16-5-8-18(9-6-16)33-20-10-7-17(14-24-20)27(31)32/h5-10,13-14H,1-4,11-12,15H2/b19-13+. The van der Waals surface area contributed by atoms with E-state index >= 15 is 0 Å². The number of carbonyl (C=O) groups is 3. The topological polar surface area (TPSA) is 123 Å². The molecule has 2 fully saturated rings. The lowest BCUT2D eigenvalue weighted by molar-refractivity contribution is -0.385. The highest BCUT2D eigenvalue weighted by molar-refractivity contribution is 8.18. The van der Waals surface area contributed by atoms with Gasteiger partial charge in [-0.05, 0) is 48.4 Å². The number of carbonyl (C=O) groups excluding carboxylic acids is 3. The maximum Gasteiger partial charge on any atom is 0.294 e. The molecule has 0 aliphatic carbocycles. The van der Waals surface area contributed by atoms with Crippen LogP contribution in [-0.2, 0) is 9.59 Å². The molecular weight excluding hydrogens is 460 g/mol. The first-order chi connectivity index (χ1) is 16.4. The Labute approximate surface area is 199 Å². The predicted molar refractivity (Wildman–Crippen MR) is 125 cm³/mol. The van der Waals surface area contributed by atoms with Gasteiger partial charge in [-0.15, -0.1) is 0 Å². The zero-order chi connectivity index (χ0) is 24.1. The molecule has 4 rings (SSSR count). The monoisotopic (exact) mass is 482 g/mol. The second-order valence-electron chi connectivity index (χ2n) is 7.85. The van der Waals surface area contributed by atoms with E-state index < -0.39 is 16.1 Å². The third-order valence-electron chi connectivity index (χ3n) is 5.46. The molecule has 1 aromatic heterocycles. The molecule has 10 nitrogen and oxygen atoms in total. The molecule has 2 aliphatic heterocycles. The number of hydrogen-bond acceptors (Lipinski definition) is 8. The highest BCUT2D eigenvalue weighted by Gasteiger charge is 2.37. The normalized spacial score (nSPS) is 17.7. The Hall–Kier alpha value is -3.73. The number of pyridine rings is 1. The van der Waals surface area contributed by atoms with Crippen LogP contribution in [0.15, 0.2) is 47.5 Å². The van der Waals surface area contributed by atoms with Gasteiger partial charge in [0.15, 0.2) is 0 Å². The summed E-state index contributed by atoms with van der Waals surface area (Å²) in [4.78, 5) is 54.8. The van der Waals surface area contributed by atoms with E-state index in [1.165, 1.54) is 12.1 Å². The van der Waals surface area contributed by atoms with Crippen LogP contribution >= 0.6 is 11.8 Å². The number of aromatic nitrogens is 1. The highest BCUT2D eigenvalue weighted by Crippen LogP contribution is 2.32. The summed E-state index contributed by atoms with van der Waals surface area (Å²) in [6.07, 6.45) is 6.75. The molecule has 2 saturated heterocycles. The minimum Gasteiger partial charge on any atom is -0.439 e. The van der Waals surface area contributed by atoms with Crippen LogP contribution in [0.5, 0.6) is 11.6 Å². The molecule has 2 aromatic rings. The Morgan fingerprint density at radius 1 is 1.09 bits per heavy atom. The molecule has 176 valence electrons. The van der Waals surface area contributed by atoms with Gasteiger partial charge in [-0.2, -0.15) is 0 Å². The van der Waals surface area contributed by atoms with Gasteiger partial charge in [0.1, 0.15) is 18.5 Å². The van der Waals surface area contributed by atoms with Crippen molar-refractivity contribution in [2.24, 2.45) is 0 Å². The zero-order valence-electron chi connectivity index (χ0n) is 18.2. The van der Waals surface area contributed by atoms with Gasteiger partial charge in [0.2, 0.25) is 11.8 Å². The van der Waals surface area contributed by atoms with Gasteiger partial charge >= 0.3 is 0 Å². The van der Waals surface area contributed by atoms with Crippen molar-refractivity contribution in [2.75, 3.05) is 19.6 Å². The van der Waals surface area contributed by atoms with Crippen molar-refractivity contribution < 1.29 is 24.0 Å². The number of nitrogens with zero attached hydrogens (tertiary/aromatic N) is 4. The summed E-state index contributed by atoms with van der Waals surface area (Å²) in [5, 5.41) is 10.2. The van der Waals surface area contributed by atoms with E-state index in [4.69, 9.17) is 4.74 Å². The van der Waals surface area contributed by atoms with E-state index in [1.54, 1.807) is 35.2 Å². The Morgan fingerprint density at radius 2 is 1.79 bits per heavy atom. The summed E-state index contributed by atoms with van der Waals surface area (Å²) in [5.74, 6) is -0.0245. The van der Waals surface area contributed by atoms with Crippen LogP contribution in [0, 0.1) is 10.1 Å². The number of rotatable bonds is 6. The maximum atomic E-state index is 12.8. The largest absolute Gasteiger partial charge is 0.439 e. The third kappa shape index (κ3) is 5.60. The van der Waals surface area contributed by atoms with E-state index in [-0.39, 0.29) is 28.9 Å². The maximum absolute atomic E-state index is 12.8. The number of thioether (sulfide) groups is 1. The van der Waals surface area contributed by atoms with Gasteiger partial charge in [-0.3, -0.25) is 29.4 Å². The summed E-state index contributed by atoms with van der Waals surface area (Å²) in [6.45, 7) is 1.08. The molecule has 0 N–H and O–H groups in total. The molecule has 0 bridgehead atoms. The second kappa shape index (κ2) is 10.5. The average Bonchev–Trinajstić information content (AvgIpc) is 3.02. The molecule has 0 radical (unpaired) electrons. The summed E-state index contributed by atoms with van der Waals surface area (Å²) in [6, 6.07) is 9.41. The first-order valence-electron chi connectivity index (χ1n) is 10.8.